The van der Waals surface area contributed by atoms with Crippen LogP contribution < -0.4 is 10.9 Å². The second-order valence-electron chi connectivity index (χ2n) is 9.87. The number of amides is 2. The molecule has 1 saturated heterocycles. The number of hydrogen-bond donors (Lipinski definition) is 2. The average molecular weight is 498 g/mol. The van der Waals surface area contributed by atoms with Crippen LogP contribution in [0.3, 0.4) is 0 Å². The lowest BCUT2D eigenvalue weighted by Crippen LogP contribution is -2.48. The molecule has 2 amide bonds. The Morgan fingerprint density at radius 1 is 1.14 bits per heavy atom. The minimum absolute atomic E-state index is 0.112. The van der Waals surface area contributed by atoms with Crippen molar-refractivity contribution in [3.63, 3.8) is 0 Å². The number of rotatable bonds is 5. The first-order valence-corrected chi connectivity index (χ1v) is 12.4. The number of halogens is 2. The zero-order chi connectivity index (χ0) is 25.6. The Morgan fingerprint density at radius 3 is 2.53 bits per heavy atom. The third kappa shape index (κ3) is 4.15. The second-order valence-corrected chi connectivity index (χ2v) is 9.87. The van der Waals surface area contributed by atoms with Gasteiger partial charge in [0.15, 0.2) is 0 Å². The van der Waals surface area contributed by atoms with E-state index in [-0.39, 0.29) is 36.7 Å². The maximum absolute atomic E-state index is 13.6. The summed E-state index contributed by atoms with van der Waals surface area (Å²) in [5, 5.41) is 13.0. The smallest absolute Gasteiger partial charge is 0.258 e. The van der Waals surface area contributed by atoms with Crippen LogP contribution in [0.4, 0.5) is 8.78 Å². The summed E-state index contributed by atoms with van der Waals surface area (Å²) < 4.78 is 28.8. The molecule has 0 radical (unpaired) electrons. The summed E-state index contributed by atoms with van der Waals surface area (Å²) in [6.07, 6.45) is 6.01. The van der Waals surface area contributed by atoms with E-state index in [1.165, 1.54) is 6.92 Å². The summed E-state index contributed by atoms with van der Waals surface area (Å²) in [6, 6.07) is 5.36. The van der Waals surface area contributed by atoms with Crippen molar-refractivity contribution in [3.8, 4) is 0 Å². The van der Waals surface area contributed by atoms with Gasteiger partial charge in [-0.15, -0.1) is 0 Å². The number of pyridine rings is 1. The summed E-state index contributed by atoms with van der Waals surface area (Å²) in [5.74, 6) is -3.61. The third-order valence-electron chi connectivity index (χ3n) is 7.74. The predicted molar refractivity (Wildman–Crippen MR) is 128 cm³/mol. The van der Waals surface area contributed by atoms with Crippen LogP contribution in [0, 0.1) is 23.5 Å². The number of benzene rings is 1. The number of hydrogen-bond acceptors (Lipinski definition) is 4. The molecule has 1 fully saturated rings. The Balaban J connectivity index is 1.51. The van der Waals surface area contributed by atoms with Crippen LogP contribution in [0.2, 0.25) is 0 Å². The second kappa shape index (κ2) is 9.61. The fourth-order valence-electron chi connectivity index (χ4n) is 6.18. The third-order valence-corrected chi connectivity index (χ3v) is 7.74. The van der Waals surface area contributed by atoms with E-state index < -0.39 is 41.5 Å². The first-order valence-electron chi connectivity index (χ1n) is 12.4. The molecule has 3 aliphatic rings. The summed E-state index contributed by atoms with van der Waals surface area (Å²) in [6.45, 7) is 1.15. The molecule has 0 saturated carbocycles. The SMILES string of the molecule is CC(=O)N1[C@@H]2c3ccc(C4=CCCCC4)c(=O)n3C[C@H]1[C@H](CO)[C@H]2C(=O)NCc1cc(F)cc(F)c1. The maximum Gasteiger partial charge on any atom is 0.258 e. The summed E-state index contributed by atoms with van der Waals surface area (Å²) >= 11 is 0. The highest BCUT2D eigenvalue weighted by atomic mass is 19.1. The highest BCUT2D eigenvalue weighted by molar-refractivity contribution is 5.83. The number of allylic oxidation sites excluding steroid dienone is 2. The molecule has 2 aliphatic heterocycles. The molecule has 9 heteroatoms. The molecule has 1 aromatic heterocycles. The van der Waals surface area contributed by atoms with Gasteiger partial charge in [0.05, 0.1) is 18.0 Å². The van der Waals surface area contributed by atoms with Crippen LogP contribution in [-0.2, 0) is 22.7 Å². The minimum Gasteiger partial charge on any atom is -0.396 e. The largest absolute Gasteiger partial charge is 0.396 e. The Hall–Kier alpha value is -3.33. The first-order chi connectivity index (χ1) is 17.3. The van der Waals surface area contributed by atoms with Crippen molar-refractivity contribution >= 4 is 17.4 Å². The van der Waals surface area contributed by atoms with E-state index in [9.17, 15) is 28.3 Å². The van der Waals surface area contributed by atoms with E-state index >= 15 is 0 Å². The Kier molecular flexibility index (Phi) is 6.51. The molecule has 1 aromatic carbocycles. The molecular formula is C27H29F2N3O4. The molecule has 7 nitrogen and oxygen atoms in total. The molecule has 2 aromatic rings. The van der Waals surface area contributed by atoms with Crippen LogP contribution >= 0.6 is 0 Å². The molecule has 4 atom stereocenters. The summed E-state index contributed by atoms with van der Waals surface area (Å²) in [4.78, 5) is 41.3. The van der Waals surface area contributed by atoms with E-state index in [1.54, 1.807) is 15.5 Å². The maximum atomic E-state index is 13.6. The number of carbonyl (C=O) groups is 2. The monoisotopic (exact) mass is 497 g/mol. The van der Waals surface area contributed by atoms with Gasteiger partial charge in [0.1, 0.15) is 11.6 Å². The number of aliphatic hydroxyl groups excluding tert-OH is 1. The molecule has 190 valence electrons. The van der Waals surface area contributed by atoms with Gasteiger partial charge in [-0.2, -0.15) is 0 Å². The van der Waals surface area contributed by atoms with Crippen molar-refractivity contribution in [3.05, 3.63) is 75.2 Å². The summed E-state index contributed by atoms with van der Waals surface area (Å²) in [5.41, 5.74) is 2.33. The van der Waals surface area contributed by atoms with Gasteiger partial charge >= 0.3 is 0 Å². The van der Waals surface area contributed by atoms with E-state index in [0.717, 1.165) is 49.5 Å². The number of nitrogens with one attached hydrogen (secondary N) is 1. The highest BCUT2D eigenvalue weighted by Crippen LogP contribution is 2.48. The zero-order valence-corrected chi connectivity index (χ0v) is 20.0. The van der Waals surface area contributed by atoms with Gasteiger partial charge < -0.3 is 19.9 Å². The molecule has 2 N–H and O–H groups in total. The quantitative estimate of drug-likeness (QED) is 0.665. The van der Waals surface area contributed by atoms with E-state index in [1.807, 2.05) is 6.07 Å². The van der Waals surface area contributed by atoms with E-state index in [0.29, 0.717) is 11.3 Å². The van der Waals surface area contributed by atoms with Gasteiger partial charge in [-0.05, 0) is 61.1 Å². The zero-order valence-electron chi connectivity index (χ0n) is 20.0. The van der Waals surface area contributed by atoms with Crippen LogP contribution in [0.25, 0.3) is 5.57 Å². The Morgan fingerprint density at radius 2 is 1.89 bits per heavy atom. The van der Waals surface area contributed by atoms with Gasteiger partial charge in [0.2, 0.25) is 11.8 Å². The molecule has 1 aliphatic carbocycles. The number of aliphatic hydroxyl groups is 1. The highest BCUT2D eigenvalue weighted by Gasteiger charge is 2.56. The van der Waals surface area contributed by atoms with E-state index in [4.69, 9.17) is 0 Å². The molecule has 0 spiro atoms. The van der Waals surface area contributed by atoms with Crippen molar-refractivity contribution in [2.75, 3.05) is 6.61 Å². The van der Waals surface area contributed by atoms with Crippen LogP contribution in [0.5, 0.6) is 0 Å². The van der Waals surface area contributed by atoms with Crippen molar-refractivity contribution < 1.29 is 23.5 Å². The lowest BCUT2D eigenvalue weighted by atomic mass is 9.86. The fourth-order valence-corrected chi connectivity index (χ4v) is 6.18. The molecule has 2 bridgehead atoms. The number of nitrogens with zero attached hydrogens (tertiary/aromatic N) is 2. The topological polar surface area (TPSA) is 91.6 Å². The van der Waals surface area contributed by atoms with Gasteiger partial charge in [-0.1, -0.05) is 6.08 Å². The standard InChI is InChI=1S/C27H29F2N3O4/c1-15(34)32-23-13-31-22(8-7-20(27(31)36)17-5-3-2-4-6-17)25(32)24(21(23)14-33)26(35)30-12-16-9-18(28)11-19(29)10-16/h5,7-11,21,23-25,33H,2-4,6,12-14H2,1H3,(H,30,35)/t21-,23-,24+,25+/m0/s1. The fraction of sp³-hybridized carbons (Fsp3) is 0.444. The number of carbonyl (C=O) groups excluding carboxylic acids is 2. The van der Waals surface area contributed by atoms with Crippen molar-refractivity contribution in [2.45, 2.75) is 57.8 Å². The minimum atomic E-state index is -0.824. The van der Waals surface area contributed by atoms with Gasteiger partial charge in [-0.25, -0.2) is 8.78 Å². The Labute approximate surface area is 207 Å². The van der Waals surface area contributed by atoms with E-state index in [2.05, 4.69) is 11.4 Å². The predicted octanol–water partition coefficient (Wildman–Crippen LogP) is 2.91. The van der Waals surface area contributed by atoms with Crippen LogP contribution in [-0.4, -0.2) is 39.0 Å². The van der Waals surface area contributed by atoms with Gasteiger partial charge in [-0.3, -0.25) is 14.4 Å². The molecule has 0 unspecified atom stereocenters. The van der Waals surface area contributed by atoms with Crippen molar-refractivity contribution in [2.24, 2.45) is 11.8 Å². The van der Waals surface area contributed by atoms with Gasteiger partial charge in [0, 0.05) is 49.9 Å². The Bertz CT molecular complexity index is 1280. The van der Waals surface area contributed by atoms with Crippen molar-refractivity contribution in [1.29, 1.82) is 0 Å². The number of aromatic nitrogens is 1. The molecule has 36 heavy (non-hydrogen) atoms. The average Bonchev–Trinajstić information content (AvgIpc) is 3.10. The number of fused-ring (bicyclic) bond motifs is 4. The van der Waals surface area contributed by atoms with Crippen LogP contribution in [0.1, 0.15) is 55.5 Å². The molecular weight excluding hydrogens is 468 g/mol. The van der Waals surface area contributed by atoms with Crippen LogP contribution in [0.15, 0.2) is 41.2 Å². The molecule has 3 heterocycles. The first kappa shape index (κ1) is 24.4. The molecule has 5 rings (SSSR count). The summed E-state index contributed by atoms with van der Waals surface area (Å²) in [7, 11) is 0. The normalized spacial score (nSPS) is 24.8. The lowest BCUT2D eigenvalue weighted by Gasteiger charge is -2.38. The van der Waals surface area contributed by atoms with Gasteiger partial charge in [0.25, 0.3) is 5.56 Å². The lowest BCUT2D eigenvalue weighted by molar-refractivity contribution is -0.134. The van der Waals surface area contributed by atoms with Crippen molar-refractivity contribution in [1.82, 2.24) is 14.8 Å².